The number of halogens is 1. The van der Waals surface area contributed by atoms with Gasteiger partial charge in [0.1, 0.15) is 5.82 Å². The van der Waals surface area contributed by atoms with E-state index in [9.17, 15) is 8.96 Å². The van der Waals surface area contributed by atoms with Crippen molar-refractivity contribution >= 4 is 12.9 Å². The average Bonchev–Trinajstić information content (AvgIpc) is 2.03. The van der Waals surface area contributed by atoms with Gasteiger partial charge in [-0.1, -0.05) is 6.07 Å². The van der Waals surface area contributed by atoms with Crippen LogP contribution in [0.5, 0.6) is 0 Å². The van der Waals surface area contributed by atoms with Crippen LogP contribution in [-0.2, 0) is 11.1 Å². The van der Waals surface area contributed by atoms with Gasteiger partial charge in [-0.05, 0) is 17.7 Å². The highest BCUT2D eigenvalue weighted by atomic mass is 31.2. The van der Waals surface area contributed by atoms with Gasteiger partial charge in [0.2, 0.25) is 0 Å². The Kier molecular flexibility index (Phi) is 2.83. The lowest BCUT2D eigenvalue weighted by Crippen LogP contribution is -2.14. The molecule has 0 fully saturated rings. The fraction of sp³-hybridized carbons (Fsp3) is 0.143. The third-order valence-corrected chi connectivity index (χ3v) is 2.63. The van der Waals surface area contributed by atoms with E-state index in [2.05, 4.69) is 0 Å². The molecule has 1 rings (SSSR count). The van der Waals surface area contributed by atoms with E-state index < -0.39 is 13.4 Å². The number of hydrogen-bond donors (Lipinski definition) is 3. The summed E-state index contributed by atoms with van der Waals surface area (Å²) in [6, 6.07) is 3.19. The van der Waals surface area contributed by atoms with Gasteiger partial charge in [-0.3, -0.25) is 4.57 Å². The Hall–Kier alpha value is -0.740. The lowest BCUT2D eigenvalue weighted by atomic mass is 10.2. The molecular weight excluding hydrogens is 196 g/mol. The molecule has 0 bridgehead atoms. The molecule has 13 heavy (non-hydrogen) atoms. The maximum Gasteiger partial charge on any atom is 0.356 e. The van der Waals surface area contributed by atoms with Crippen molar-refractivity contribution in [3.63, 3.8) is 0 Å². The van der Waals surface area contributed by atoms with E-state index in [1.807, 2.05) is 0 Å². The van der Waals surface area contributed by atoms with Crippen LogP contribution in [0.2, 0.25) is 0 Å². The molecule has 4 N–H and O–H groups in total. The summed E-state index contributed by atoms with van der Waals surface area (Å²) in [5, 5.41) is -0.338. The monoisotopic (exact) mass is 205 g/mol. The highest BCUT2D eigenvalue weighted by Gasteiger charge is 2.21. The van der Waals surface area contributed by atoms with Gasteiger partial charge in [-0.2, -0.15) is 0 Å². The van der Waals surface area contributed by atoms with Crippen molar-refractivity contribution in [2.45, 2.75) is 6.54 Å². The number of nitrogens with two attached hydrogens (primary N) is 1. The summed E-state index contributed by atoms with van der Waals surface area (Å²) >= 11 is 0. The average molecular weight is 205 g/mol. The first-order valence-corrected chi connectivity index (χ1v) is 5.11. The lowest BCUT2D eigenvalue weighted by molar-refractivity contribution is 0.387. The van der Waals surface area contributed by atoms with Crippen LogP contribution in [0.3, 0.4) is 0 Å². The minimum absolute atomic E-state index is 0.0271. The summed E-state index contributed by atoms with van der Waals surface area (Å²) in [6.45, 7) is -0.0271. The molecule has 0 saturated carbocycles. The van der Waals surface area contributed by atoms with Crippen LogP contribution < -0.4 is 11.0 Å². The zero-order chi connectivity index (χ0) is 10.1. The van der Waals surface area contributed by atoms with E-state index in [-0.39, 0.29) is 17.4 Å². The summed E-state index contributed by atoms with van der Waals surface area (Å²) in [4.78, 5) is 17.6. The van der Waals surface area contributed by atoms with Gasteiger partial charge in [-0.25, -0.2) is 4.39 Å². The van der Waals surface area contributed by atoms with Crippen LogP contribution in [0, 0.1) is 5.82 Å². The van der Waals surface area contributed by atoms with E-state index >= 15 is 0 Å². The topological polar surface area (TPSA) is 83.6 Å². The van der Waals surface area contributed by atoms with Crippen molar-refractivity contribution in [1.82, 2.24) is 0 Å². The van der Waals surface area contributed by atoms with Gasteiger partial charge in [0, 0.05) is 6.54 Å². The van der Waals surface area contributed by atoms with Gasteiger partial charge in [0.25, 0.3) is 0 Å². The quantitative estimate of drug-likeness (QED) is 0.597. The Balaban J connectivity index is 3.33. The molecule has 0 atom stereocenters. The molecule has 0 saturated heterocycles. The molecule has 1 aromatic rings. The number of hydrogen-bond acceptors (Lipinski definition) is 2. The van der Waals surface area contributed by atoms with Crippen LogP contribution in [-0.4, -0.2) is 9.79 Å². The van der Waals surface area contributed by atoms with Crippen molar-refractivity contribution in [1.29, 1.82) is 0 Å². The number of benzene rings is 1. The molecule has 0 heterocycles. The molecular formula is C7H9FNO3P. The summed E-state index contributed by atoms with van der Waals surface area (Å²) in [6.07, 6.45) is 0. The third-order valence-electron chi connectivity index (χ3n) is 1.58. The van der Waals surface area contributed by atoms with Crippen LogP contribution in [0.25, 0.3) is 0 Å². The van der Waals surface area contributed by atoms with Gasteiger partial charge < -0.3 is 15.5 Å². The molecule has 4 nitrogen and oxygen atoms in total. The zero-order valence-electron chi connectivity index (χ0n) is 6.64. The first kappa shape index (κ1) is 10.3. The highest BCUT2D eigenvalue weighted by molar-refractivity contribution is 7.60. The Morgan fingerprint density at radius 1 is 1.46 bits per heavy atom. The van der Waals surface area contributed by atoms with Crippen molar-refractivity contribution in [2.24, 2.45) is 5.73 Å². The predicted octanol–water partition coefficient (Wildman–Crippen LogP) is 0.0874. The molecule has 0 aliphatic carbocycles. The van der Waals surface area contributed by atoms with Crippen molar-refractivity contribution in [2.75, 3.05) is 0 Å². The maximum absolute atomic E-state index is 12.6. The van der Waals surface area contributed by atoms with E-state index in [1.54, 1.807) is 0 Å². The van der Waals surface area contributed by atoms with Gasteiger partial charge >= 0.3 is 7.60 Å². The smallest absolute Gasteiger partial charge is 0.326 e. The first-order chi connectivity index (χ1) is 5.95. The van der Waals surface area contributed by atoms with Crippen molar-refractivity contribution < 1.29 is 18.7 Å². The molecule has 1 aromatic carbocycles. The molecule has 0 aliphatic heterocycles. The van der Waals surface area contributed by atoms with E-state index in [4.69, 9.17) is 15.5 Å². The van der Waals surface area contributed by atoms with Crippen LogP contribution in [0.15, 0.2) is 18.2 Å². The molecule has 6 heteroatoms. The molecule has 0 aliphatic rings. The minimum Gasteiger partial charge on any atom is -0.326 e. The summed E-state index contributed by atoms with van der Waals surface area (Å²) in [5.41, 5.74) is 5.49. The molecule has 0 amide bonds. The highest BCUT2D eigenvalue weighted by Crippen LogP contribution is 2.34. The Morgan fingerprint density at radius 2 is 2.08 bits per heavy atom. The van der Waals surface area contributed by atoms with Crippen LogP contribution in [0.4, 0.5) is 4.39 Å². The molecule has 0 spiro atoms. The van der Waals surface area contributed by atoms with Crippen LogP contribution >= 0.6 is 7.60 Å². The second-order valence-corrected chi connectivity index (χ2v) is 4.09. The normalized spacial score (nSPS) is 11.7. The fourth-order valence-corrected chi connectivity index (χ4v) is 1.81. The fourth-order valence-electron chi connectivity index (χ4n) is 0.981. The van der Waals surface area contributed by atoms with Crippen LogP contribution in [0.1, 0.15) is 5.56 Å². The van der Waals surface area contributed by atoms with Crippen molar-refractivity contribution in [3.05, 3.63) is 29.6 Å². The molecule has 0 radical (unpaired) electrons. The lowest BCUT2D eigenvalue weighted by Gasteiger charge is -2.08. The molecule has 0 aromatic heterocycles. The Morgan fingerprint density at radius 3 is 2.54 bits per heavy atom. The van der Waals surface area contributed by atoms with Crippen molar-refractivity contribution in [3.8, 4) is 0 Å². The summed E-state index contributed by atoms with van der Waals surface area (Å²) in [7, 11) is -4.42. The SMILES string of the molecule is NCc1ccc(F)cc1P(=O)(O)O. The molecule has 72 valence electrons. The standard InChI is InChI=1S/C7H9FNO3P/c8-6-2-1-5(4-9)7(3-6)13(10,11)12/h1-3H,4,9H2,(H2,10,11,12). The largest absolute Gasteiger partial charge is 0.356 e. The van der Waals surface area contributed by atoms with E-state index in [0.717, 1.165) is 12.1 Å². The second-order valence-electron chi connectivity index (χ2n) is 2.52. The Labute approximate surface area is 74.4 Å². The van der Waals surface area contributed by atoms with E-state index in [0.29, 0.717) is 0 Å². The van der Waals surface area contributed by atoms with Gasteiger partial charge in [-0.15, -0.1) is 0 Å². The Bertz CT molecular complexity index is 363. The zero-order valence-corrected chi connectivity index (χ0v) is 7.54. The van der Waals surface area contributed by atoms with Gasteiger partial charge in [0.05, 0.1) is 5.30 Å². The van der Waals surface area contributed by atoms with E-state index in [1.165, 1.54) is 6.07 Å². The van der Waals surface area contributed by atoms with Gasteiger partial charge in [0.15, 0.2) is 0 Å². The first-order valence-electron chi connectivity index (χ1n) is 3.49. The summed E-state index contributed by atoms with van der Waals surface area (Å²) in [5.74, 6) is -0.685. The summed E-state index contributed by atoms with van der Waals surface area (Å²) < 4.78 is 23.5. The maximum atomic E-state index is 12.6. The predicted molar refractivity (Wildman–Crippen MR) is 46.0 cm³/mol. The third kappa shape index (κ3) is 2.35. The number of rotatable bonds is 2. The second kappa shape index (κ2) is 3.55. The molecule has 0 unspecified atom stereocenters. The minimum atomic E-state index is -4.42.